The van der Waals surface area contributed by atoms with Gasteiger partial charge in [-0.2, -0.15) is 0 Å². The highest BCUT2D eigenvalue weighted by Gasteiger charge is 2.27. The van der Waals surface area contributed by atoms with Crippen molar-refractivity contribution in [3.63, 3.8) is 0 Å². The fourth-order valence-electron chi connectivity index (χ4n) is 4.03. The zero-order valence-corrected chi connectivity index (χ0v) is 13.2. The predicted octanol–water partition coefficient (Wildman–Crippen LogP) is 5.38. The molecule has 1 aliphatic heterocycles. The first-order valence-electron chi connectivity index (χ1n) is 8.36. The molecule has 0 amide bonds. The monoisotopic (exact) mass is 298 g/mol. The van der Waals surface area contributed by atoms with Crippen LogP contribution in [-0.4, -0.2) is 6.61 Å². The molecule has 0 fully saturated rings. The third-order valence-corrected chi connectivity index (χ3v) is 5.14. The lowest BCUT2D eigenvalue weighted by Crippen LogP contribution is -2.04. The van der Waals surface area contributed by atoms with Crippen LogP contribution in [0, 0.1) is 0 Å². The maximum Gasteiger partial charge on any atom is 0.135 e. The molecule has 1 aliphatic carbocycles. The molecule has 0 unspecified atom stereocenters. The Morgan fingerprint density at radius 2 is 1.96 bits per heavy atom. The SMILES string of the molecule is CCc1ccc2c3c(c4c(c2c1)OCC=C4)Cc1ccccc1-3. The van der Waals surface area contributed by atoms with Crippen molar-refractivity contribution in [1.29, 1.82) is 0 Å². The first-order valence-corrected chi connectivity index (χ1v) is 8.36. The van der Waals surface area contributed by atoms with E-state index in [1.807, 2.05) is 0 Å². The molecule has 0 bridgehead atoms. The molecule has 0 saturated heterocycles. The van der Waals surface area contributed by atoms with Crippen molar-refractivity contribution in [3.05, 3.63) is 70.8 Å². The summed E-state index contributed by atoms with van der Waals surface area (Å²) >= 11 is 0. The van der Waals surface area contributed by atoms with Gasteiger partial charge in [-0.25, -0.2) is 0 Å². The third-order valence-electron chi connectivity index (χ3n) is 5.14. The van der Waals surface area contributed by atoms with Crippen molar-refractivity contribution in [2.75, 3.05) is 6.61 Å². The second-order valence-corrected chi connectivity index (χ2v) is 6.38. The number of benzene rings is 3. The van der Waals surface area contributed by atoms with E-state index < -0.39 is 0 Å². The minimum absolute atomic E-state index is 0.671. The Morgan fingerprint density at radius 3 is 2.87 bits per heavy atom. The lowest BCUT2D eigenvalue weighted by Gasteiger charge is -2.20. The van der Waals surface area contributed by atoms with Gasteiger partial charge in [0.15, 0.2) is 0 Å². The van der Waals surface area contributed by atoms with Crippen LogP contribution < -0.4 is 4.74 Å². The maximum atomic E-state index is 6.07. The van der Waals surface area contributed by atoms with E-state index in [2.05, 4.69) is 61.5 Å². The quantitative estimate of drug-likeness (QED) is 0.458. The molecule has 23 heavy (non-hydrogen) atoms. The minimum Gasteiger partial charge on any atom is -0.488 e. The molecule has 112 valence electrons. The Labute approximate surface area is 136 Å². The largest absolute Gasteiger partial charge is 0.488 e. The lowest BCUT2D eigenvalue weighted by atomic mass is 9.90. The van der Waals surface area contributed by atoms with Crippen LogP contribution in [0.15, 0.2) is 48.5 Å². The summed E-state index contributed by atoms with van der Waals surface area (Å²) in [6.07, 6.45) is 6.43. The van der Waals surface area contributed by atoms with Gasteiger partial charge in [-0.3, -0.25) is 0 Å². The number of fused-ring (bicyclic) bond motifs is 8. The molecule has 0 aromatic heterocycles. The number of hydrogen-bond acceptors (Lipinski definition) is 1. The van der Waals surface area contributed by atoms with Crippen LogP contribution in [-0.2, 0) is 12.8 Å². The summed E-state index contributed by atoms with van der Waals surface area (Å²) in [6.45, 7) is 2.88. The topological polar surface area (TPSA) is 9.23 Å². The smallest absolute Gasteiger partial charge is 0.135 e. The Bertz CT molecular complexity index is 979. The van der Waals surface area contributed by atoms with Crippen LogP contribution in [0.2, 0.25) is 0 Å². The zero-order chi connectivity index (χ0) is 15.4. The van der Waals surface area contributed by atoms with Crippen LogP contribution in [0.5, 0.6) is 5.75 Å². The summed E-state index contributed by atoms with van der Waals surface area (Å²) in [6, 6.07) is 15.7. The molecule has 1 nitrogen and oxygen atoms in total. The van der Waals surface area contributed by atoms with Crippen LogP contribution in [0.4, 0.5) is 0 Å². The van der Waals surface area contributed by atoms with E-state index in [9.17, 15) is 0 Å². The van der Waals surface area contributed by atoms with Crippen LogP contribution in [0.1, 0.15) is 29.2 Å². The summed E-state index contributed by atoms with van der Waals surface area (Å²) in [5.41, 5.74) is 8.29. The van der Waals surface area contributed by atoms with E-state index in [1.165, 1.54) is 44.2 Å². The van der Waals surface area contributed by atoms with Crippen molar-refractivity contribution in [1.82, 2.24) is 0 Å². The Hall–Kier alpha value is -2.54. The molecule has 0 N–H and O–H groups in total. The third kappa shape index (κ3) is 1.74. The first-order chi connectivity index (χ1) is 11.4. The van der Waals surface area contributed by atoms with E-state index in [0.717, 1.165) is 18.6 Å². The number of rotatable bonds is 1. The van der Waals surface area contributed by atoms with Gasteiger partial charge >= 0.3 is 0 Å². The lowest BCUT2D eigenvalue weighted by molar-refractivity contribution is 0.362. The zero-order valence-electron chi connectivity index (χ0n) is 13.2. The summed E-state index contributed by atoms with van der Waals surface area (Å²) in [7, 11) is 0. The van der Waals surface area contributed by atoms with Gasteiger partial charge in [-0.05, 0) is 58.2 Å². The van der Waals surface area contributed by atoms with Gasteiger partial charge in [0.2, 0.25) is 0 Å². The van der Waals surface area contributed by atoms with Crippen molar-refractivity contribution in [2.24, 2.45) is 0 Å². The van der Waals surface area contributed by atoms with Crippen molar-refractivity contribution in [2.45, 2.75) is 19.8 Å². The number of ether oxygens (including phenoxy) is 1. The highest BCUT2D eigenvalue weighted by atomic mass is 16.5. The molecule has 0 saturated carbocycles. The molecular formula is C22H18O. The fourth-order valence-corrected chi connectivity index (χ4v) is 4.03. The van der Waals surface area contributed by atoms with Gasteiger partial charge < -0.3 is 4.74 Å². The fraction of sp³-hybridized carbons (Fsp3) is 0.182. The summed E-state index contributed by atoms with van der Waals surface area (Å²) in [5, 5.41) is 2.59. The molecule has 2 aliphatic rings. The van der Waals surface area contributed by atoms with Gasteiger partial charge in [0.05, 0.1) is 0 Å². The minimum atomic E-state index is 0.671. The summed E-state index contributed by atoms with van der Waals surface area (Å²) < 4.78 is 6.07. The standard InChI is InChI=1S/C22H18O/c1-2-14-9-10-17-20(12-14)22-18(8-5-11-23-22)19-13-15-6-3-4-7-16(15)21(17)19/h3-10,12H,2,11,13H2,1H3. The van der Waals surface area contributed by atoms with Crippen molar-refractivity contribution < 1.29 is 4.74 Å². The average molecular weight is 298 g/mol. The summed E-state index contributed by atoms with van der Waals surface area (Å²) in [5.74, 6) is 1.07. The Morgan fingerprint density at radius 1 is 1.04 bits per heavy atom. The molecule has 1 heterocycles. The highest BCUT2D eigenvalue weighted by molar-refractivity contribution is 6.07. The molecule has 1 heteroatoms. The van der Waals surface area contributed by atoms with Crippen molar-refractivity contribution >= 4 is 16.8 Å². The second-order valence-electron chi connectivity index (χ2n) is 6.38. The van der Waals surface area contributed by atoms with E-state index in [0.29, 0.717) is 6.61 Å². The van der Waals surface area contributed by atoms with Crippen molar-refractivity contribution in [3.8, 4) is 16.9 Å². The maximum absolute atomic E-state index is 6.07. The molecule has 5 rings (SSSR count). The molecule has 0 atom stereocenters. The molecule has 0 spiro atoms. The van der Waals surface area contributed by atoms with Gasteiger partial charge in [-0.1, -0.05) is 49.4 Å². The van der Waals surface area contributed by atoms with Gasteiger partial charge in [0, 0.05) is 10.9 Å². The molecule has 3 aromatic carbocycles. The van der Waals surface area contributed by atoms with Crippen LogP contribution >= 0.6 is 0 Å². The van der Waals surface area contributed by atoms with Crippen LogP contribution in [0.25, 0.3) is 28.0 Å². The first kappa shape index (κ1) is 13.0. The Balaban J connectivity index is 1.95. The molecule has 0 radical (unpaired) electrons. The average Bonchev–Trinajstić information content (AvgIpc) is 3.01. The summed E-state index contributed by atoms with van der Waals surface area (Å²) in [4.78, 5) is 0. The van der Waals surface area contributed by atoms with Crippen LogP contribution in [0.3, 0.4) is 0 Å². The molecule has 3 aromatic rings. The van der Waals surface area contributed by atoms with E-state index in [1.54, 1.807) is 0 Å². The molecular weight excluding hydrogens is 280 g/mol. The highest BCUT2D eigenvalue weighted by Crippen LogP contribution is 2.48. The predicted molar refractivity (Wildman–Crippen MR) is 96.1 cm³/mol. The van der Waals surface area contributed by atoms with Gasteiger partial charge in [-0.15, -0.1) is 0 Å². The van der Waals surface area contributed by atoms with E-state index in [-0.39, 0.29) is 0 Å². The van der Waals surface area contributed by atoms with E-state index >= 15 is 0 Å². The van der Waals surface area contributed by atoms with Gasteiger partial charge in [0.25, 0.3) is 0 Å². The van der Waals surface area contributed by atoms with Gasteiger partial charge in [0.1, 0.15) is 12.4 Å². The van der Waals surface area contributed by atoms with E-state index in [4.69, 9.17) is 4.74 Å². The normalized spacial score (nSPS) is 14.3. The second kappa shape index (κ2) is 4.73. The Kier molecular flexibility index (Phi) is 2.66. The number of aryl methyl sites for hydroxylation is 1. The number of hydrogen-bond donors (Lipinski definition) is 0.